The molecule has 2 aromatic carbocycles. The zero-order chi connectivity index (χ0) is 23.3. The van der Waals surface area contributed by atoms with Crippen molar-refractivity contribution in [3.8, 4) is 17.3 Å². The van der Waals surface area contributed by atoms with Crippen molar-refractivity contribution in [2.45, 2.75) is 38.5 Å². The van der Waals surface area contributed by atoms with Crippen LogP contribution in [-0.4, -0.2) is 40.3 Å². The molecule has 2 aliphatic rings. The number of hydrogen-bond acceptors (Lipinski definition) is 4. The van der Waals surface area contributed by atoms with E-state index < -0.39 is 23.8 Å². The van der Waals surface area contributed by atoms with E-state index in [1.54, 1.807) is 30.2 Å². The number of halogens is 2. The molecular weight excluding hydrogens is 426 g/mol. The second kappa shape index (κ2) is 8.09. The van der Waals surface area contributed by atoms with Crippen molar-refractivity contribution < 1.29 is 18.3 Å². The maximum Gasteiger partial charge on any atom is 0.219 e. The summed E-state index contributed by atoms with van der Waals surface area (Å²) in [4.78, 5) is 13.9. The van der Waals surface area contributed by atoms with Crippen molar-refractivity contribution in [3.05, 3.63) is 76.0 Å². The lowest BCUT2D eigenvalue weighted by atomic mass is 9.99. The molecule has 2 heterocycles. The summed E-state index contributed by atoms with van der Waals surface area (Å²) in [6.07, 6.45) is 0.458. The first-order chi connectivity index (χ1) is 15.9. The van der Waals surface area contributed by atoms with Crippen LogP contribution in [0.3, 0.4) is 0 Å². The Labute approximate surface area is 190 Å². The maximum absolute atomic E-state index is 14.6. The zero-order valence-corrected chi connectivity index (χ0v) is 18.3. The first-order valence-electron chi connectivity index (χ1n) is 10.8. The van der Waals surface area contributed by atoms with Gasteiger partial charge in [0.2, 0.25) is 5.91 Å². The predicted octanol–water partition coefficient (Wildman–Crippen LogP) is 3.77. The van der Waals surface area contributed by atoms with Crippen molar-refractivity contribution in [3.63, 3.8) is 0 Å². The van der Waals surface area contributed by atoms with Crippen molar-refractivity contribution in [1.82, 2.24) is 14.7 Å². The minimum absolute atomic E-state index is 0.0322. The summed E-state index contributed by atoms with van der Waals surface area (Å²) in [5.74, 6) is -1.26. The van der Waals surface area contributed by atoms with Crippen molar-refractivity contribution in [2.75, 3.05) is 13.7 Å². The second-order valence-corrected chi connectivity index (χ2v) is 8.48. The minimum atomic E-state index is -0.640. The molecule has 1 aliphatic heterocycles. The Morgan fingerprint density at radius 2 is 2.06 bits per heavy atom. The standard InChI is InChI=1S/C25H22F2N4O2/c1-14(32)30-7-6-22-20(13-30)24(16-5-3-4-15(8-16)12-28)29-31(22)25-19-9-17(26)10-21(27)18(19)11-23(25)33-2/h3-5,8-10,23,25H,6-7,11,13H2,1-2H3/t23-,25+/m0/s1. The number of fused-ring (bicyclic) bond motifs is 2. The number of amides is 1. The smallest absolute Gasteiger partial charge is 0.219 e. The number of hydrogen-bond donors (Lipinski definition) is 0. The van der Waals surface area contributed by atoms with Gasteiger partial charge in [-0.25, -0.2) is 8.78 Å². The third-order valence-electron chi connectivity index (χ3n) is 6.63. The van der Waals surface area contributed by atoms with E-state index in [-0.39, 0.29) is 5.91 Å². The molecule has 1 aliphatic carbocycles. The van der Waals surface area contributed by atoms with E-state index in [0.29, 0.717) is 48.3 Å². The number of nitriles is 1. The Bertz CT molecular complexity index is 1310. The first-order valence-corrected chi connectivity index (χ1v) is 10.8. The molecule has 6 nitrogen and oxygen atoms in total. The third kappa shape index (κ3) is 3.49. The first kappa shape index (κ1) is 21.3. The number of ether oxygens (including phenoxy) is 1. The van der Waals surface area contributed by atoms with E-state index >= 15 is 0 Å². The largest absolute Gasteiger partial charge is 0.379 e. The van der Waals surface area contributed by atoms with E-state index in [1.807, 2.05) is 10.7 Å². The van der Waals surface area contributed by atoms with Gasteiger partial charge in [0.25, 0.3) is 0 Å². The molecule has 1 aromatic heterocycles. The fourth-order valence-electron chi connectivity index (χ4n) is 5.03. The Hall–Kier alpha value is -3.57. The summed E-state index contributed by atoms with van der Waals surface area (Å²) in [6, 6.07) is 11.0. The lowest BCUT2D eigenvalue weighted by molar-refractivity contribution is -0.129. The number of carbonyl (C=O) groups excluding carboxylic acids is 1. The summed E-state index contributed by atoms with van der Waals surface area (Å²) < 4.78 is 36.3. The highest BCUT2D eigenvalue weighted by molar-refractivity contribution is 5.75. The average molecular weight is 448 g/mol. The van der Waals surface area contributed by atoms with Crippen LogP contribution in [0.2, 0.25) is 0 Å². The van der Waals surface area contributed by atoms with Crippen LogP contribution in [0.1, 0.15) is 40.9 Å². The van der Waals surface area contributed by atoms with Crippen LogP contribution in [-0.2, 0) is 28.9 Å². The second-order valence-electron chi connectivity index (χ2n) is 8.48. The Morgan fingerprint density at radius 3 is 2.79 bits per heavy atom. The predicted molar refractivity (Wildman–Crippen MR) is 116 cm³/mol. The molecule has 2 atom stereocenters. The van der Waals surface area contributed by atoms with Gasteiger partial charge >= 0.3 is 0 Å². The van der Waals surface area contributed by atoms with Crippen LogP contribution in [0.15, 0.2) is 36.4 Å². The lowest BCUT2D eigenvalue weighted by Crippen LogP contribution is -2.35. The van der Waals surface area contributed by atoms with Crippen LogP contribution in [0, 0.1) is 23.0 Å². The Morgan fingerprint density at radius 1 is 1.24 bits per heavy atom. The molecule has 168 valence electrons. The number of carbonyl (C=O) groups is 1. The summed E-state index contributed by atoms with van der Waals surface area (Å²) in [5, 5.41) is 14.3. The molecule has 0 saturated carbocycles. The molecule has 0 unspecified atom stereocenters. The van der Waals surface area contributed by atoms with Crippen LogP contribution in [0.4, 0.5) is 8.78 Å². The zero-order valence-electron chi connectivity index (χ0n) is 18.3. The fraction of sp³-hybridized carbons (Fsp3) is 0.320. The summed E-state index contributed by atoms with van der Waals surface area (Å²) in [7, 11) is 1.56. The molecule has 8 heteroatoms. The van der Waals surface area contributed by atoms with Gasteiger partial charge in [-0.15, -0.1) is 0 Å². The van der Waals surface area contributed by atoms with Crippen LogP contribution >= 0.6 is 0 Å². The van der Waals surface area contributed by atoms with Gasteiger partial charge in [0.15, 0.2) is 0 Å². The van der Waals surface area contributed by atoms with E-state index in [2.05, 4.69) is 6.07 Å². The van der Waals surface area contributed by atoms with E-state index in [0.717, 1.165) is 22.9 Å². The molecule has 0 saturated heterocycles. The fourth-order valence-corrected chi connectivity index (χ4v) is 5.03. The summed E-state index contributed by atoms with van der Waals surface area (Å²) in [5.41, 5.74) is 4.67. The van der Waals surface area contributed by atoms with Crippen LogP contribution < -0.4 is 0 Å². The molecule has 33 heavy (non-hydrogen) atoms. The highest BCUT2D eigenvalue weighted by Crippen LogP contribution is 2.41. The summed E-state index contributed by atoms with van der Waals surface area (Å²) in [6.45, 7) is 2.44. The number of nitrogens with zero attached hydrogens (tertiary/aromatic N) is 4. The minimum Gasteiger partial charge on any atom is -0.379 e. The quantitative estimate of drug-likeness (QED) is 0.612. The summed E-state index contributed by atoms with van der Waals surface area (Å²) >= 11 is 0. The van der Waals surface area contributed by atoms with E-state index in [4.69, 9.17) is 9.84 Å². The Kier molecular flexibility index (Phi) is 5.22. The van der Waals surface area contributed by atoms with E-state index in [1.165, 1.54) is 13.0 Å². The Balaban J connectivity index is 1.71. The van der Waals surface area contributed by atoms with E-state index in [9.17, 15) is 18.8 Å². The van der Waals surface area contributed by atoms with Gasteiger partial charge in [-0.3, -0.25) is 9.48 Å². The molecule has 3 aromatic rings. The number of aromatic nitrogens is 2. The van der Waals surface area contributed by atoms with Crippen molar-refractivity contribution in [2.24, 2.45) is 0 Å². The molecule has 0 fully saturated rings. The van der Waals surface area contributed by atoms with Gasteiger partial charge in [-0.1, -0.05) is 12.1 Å². The lowest BCUT2D eigenvalue weighted by Gasteiger charge is -2.29. The molecule has 0 radical (unpaired) electrons. The normalized spacial score (nSPS) is 19.2. The van der Waals surface area contributed by atoms with Crippen molar-refractivity contribution >= 4 is 5.91 Å². The van der Waals surface area contributed by atoms with Crippen LogP contribution in [0.5, 0.6) is 0 Å². The monoisotopic (exact) mass is 448 g/mol. The van der Waals surface area contributed by atoms with Gasteiger partial charge < -0.3 is 9.64 Å². The van der Waals surface area contributed by atoms with Gasteiger partial charge in [0, 0.05) is 62.9 Å². The average Bonchev–Trinajstić information content (AvgIpc) is 3.36. The maximum atomic E-state index is 14.6. The molecule has 5 rings (SSSR count). The number of benzene rings is 2. The van der Waals surface area contributed by atoms with Gasteiger partial charge in [0.1, 0.15) is 17.7 Å². The molecule has 0 spiro atoms. The number of methoxy groups -OCH3 is 1. The van der Waals surface area contributed by atoms with Gasteiger partial charge in [-0.2, -0.15) is 10.4 Å². The molecule has 0 bridgehead atoms. The highest BCUT2D eigenvalue weighted by atomic mass is 19.1. The SMILES string of the molecule is CO[C@H]1Cc2c(F)cc(F)cc2[C@H]1n1nc(-c2cccc(C#N)c2)c2c1CCN(C(C)=O)C2. The number of rotatable bonds is 3. The molecular formula is C25H22F2N4O2. The topological polar surface area (TPSA) is 71.2 Å². The van der Waals surface area contributed by atoms with Gasteiger partial charge in [0.05, 0.1) is 23.4 Å². The van der Waals surface area contributed by atoms with Crippen LogP contribution in [0.25, 0.3) is 11.3 Å². The molecule has 1 amide bonds. The third-order valence-corrected chi connectivity index (χ3v) is 6.63. The molecule has 0 N–H and O–H groups in total. The highest BCUT2D eigenvalue weighted by Gasteiger charge is 2.40. The van der Waals surface area contributed by atoms with Gasteiger partial charge in [-0.05, 0) is 29.3 Å². The van der Waals surface area contributed by atoms with Crippen molar-refractivity contribution in [1.29, 1.82) is 5.26 Å².